The van der Waals surface area contributed by atoms with Crippen molar-refractivity contribution in [1.82, 2.24) is 19.6 Å². The molecular formula is C21H20ClN5O2. The molecule has 0 fully saturated rings. The minimum absolute atomic E-state index is 0.243. The Morgan fingerprint density at radius 1 is 1.14 bits per heavy atom. The molecule has 1 aromatic carbocycles. The van der Waals surface area contributed by atoms with E-state index < -0.39 is 0 Å². The highest BCUT2D eigenvalue weighted by molar-refractivity contribution is 6.30. The zero-order valence-corrected chi connectivity index (χ0v) is 16.8. The molecule has 8 heteroatoms. The first kappa shape index (κ1) is 19.0. The molecule has 29 heavy (non-hydrogen) atoms. The van der Waals surface area contributed by atoms with E-state index in [1.807, 2.05) is 48.9 Å². The number of nitrogens with one attached hydrogen (secondary N) is 1. The number of benzene rings is 1. The molecule has 3 heterocycles. The van der Waals surface area contributed by atoms with E-state index in [2.05, 4.69) is 15.5 Å². The number of furan rings is 1. The van der Waals surface area contributed by atoms with Crippen LogP contribution in [-0.2, 0) is 13.1 Å². The van der Waals surface area contributed by atoms with Crippen molar-refractivity contribution in [3.63, 3.8) is 0 Å². The first-order valence-corrected chi connectivity index (χ1v) is 9.52. The maximum atomic E-state index is 12.5. The molecule has 0 bridgehead atoms. The van der Waals surface area contributed by atoms with E-state index in [1.54, 1.807) is 29.2 Å². The van der Waals surface area contributed by atoms with E-state index >= 15 is 0 Å². The van der Waals surface area contributed by atoms with Gasteiger partial charge in [-0.15, -0.1) is 0 Å². The summed E-state index contributed by atoms with van der Waals surface area (Å²) in [7, 11) is 0. The number of anilines is 1. The van der Waals surface area contributed by atoms with E-state index in [-0.39, 0.29) is 11.7 Å². The summed E-state index contributed by atoms with van der Waals surface area (Å²) >= 11 is 5.91. The molecule has 0 radical (unpaired) electrons. The molecule has 0 aliphatic heterocycles. The normalized spacial score (nSPS) is 11.0. The van der Waals surface area contributed by atoms with Crippen LogP contribution in [0.5, 0.6) is 0 Å². The molecule has 7 nitrogen and oxygen atoms in total. The van der Waals surface area contributed by atoms with E-state index in [0.29, 0.717) is 29.6 Å². The Labute approximate surface area is 172 Å². The van der Waals surface area contributed by atoms with Gasteiger partial charge in [-0.1, -0.05) is 23.7 Å². The van der Waals surface area contributed by atoms with Crippen LogP contribution in [0.2, 0.25) is 5.02 Å². The SMILES string of the molecule is Cc1cc(C)n(Cc2ccc(C(=O)Nc3cnn(Cc4ccc(Cl)cc4)c3)o2)n1. The van der Waals surface area contributed by atoms with E-state index in [0.717, 1.165) is 17.0 Å². The van der Waals surface area contributed by atoms with Crippen molar-refractivity contribution in [3.05, 3.63) is 88.4 Å². The number of aryl methyl sites for hydroxylation is 2. The van der Waals surface area contributed by atoms with Crippen LogP contribution in [0.4, 0.5) is 5.69 Å². The first-order valence-electron chi connectivity index (χ1n) is 9.14. The second kappa shape index (κ2) is 7.97. The van der Waals surface area contributed by atoms with Gasteiger partial charge in [0.05, 0.1) is 30.7 Å². The Balaban J connectivity index is 1.38. The van der Waals surface area contributed by atoms with Gasteiger partial charge in [0.25, 0.3) is 5.91 Å². The Morgan fingerprint density at radius 2 is 1.93 bits per heavy atom. The van der Waals surface area contributed by atoms with Gasteiger partial charge < -0.3 is 9.73 Å². The summed E-state index contributed by atoms with van der Waals surface area (Å²) in [5.41, 5.74) is 3.65. The molecular weight excluding hydrogens is 390 g/mol. The highest BCUT2D eigenvalue weighted by Crippen LogP contribution is 2.15. The third-order valence-corrected chi connectivity index (χ3v) is 4.70. The summed E-state index contributed by atoms with van der Waals surface area (Å²) in [6, 6.07) is 13.0. The molecule has 4 aromatic rings. The number of carbonyl (C=O) groups is 1. The van der Waals surface area contributed by atoms with E-state index in [4.69, 9.17) is 16.0 Å². The van der Waals surface area contributed by atoms with Crippen LogP contribution in [-0.4, -0.2) is 25.5 Å². The zero-order chi connectivity index (χ0) is 20.4. The quantitative estimate of drug-likeness (QED) is 0.515. The molecule has 148 valence electrons. The van der Waals surface area contributed by atoms with Crippen LogP contribution >= 0.6 is 11.6 Å². The summed E-state index contributed by atoms with van der Waals surface area (Å²) in [5.74, 6) is 0.586. The van der Waals surface area contributed by atoms with Gasteiger partial charge >= 0.3 is 0 Å². The van der Waals surface area contributed by atoms with E-state index in [9.17, 15) is 4.79 Å². The lowest BCUT2D eigenvalue weighted by Gasteiger charge is -2.02. The van der Waals surface area contributed by atoms with Gasteiger partial charge in [-0.05, 0) is 49.7 Å². The third-order valence-electron chi connectivity index (χ3n) is 4.44. The summed E-state index contributed by atoms with van der Waals surface area (Å²) < 4.78 is 9.28. The summed E-state index contributed by atoms with van der Waals surface area (Å²) in [5, 5.41) is 12.2. The van der Waals surface area contributed by atoms with Crippen LogP contribution < -0.4 is 5.32 Å². The van der Waals surface area contributed by atoms with Gasteiger partial charge in [0.1, 0.15) is 5.76 Å². The predicted molar refractivity (Wildman–Crippen MR) is 110 cm³/mol. The number of carbonyl (C=O) groups excluding carboxylic acids is 1. The molecule has 0 saturated heterocycles. The zero-order valence-electron chi connectivity index (χ0n) is 16.1. The topological polar surface area (TPSA) is 77.9 Å². The van der Waals surface area contributed by atoms with Crippen molar-refractivity contribution in [1.29, 1.82) is 0 Å². The molecule has 0 unspecified atom stereocenters. The van der Waals surface area contributed by atoms with Crippen molar-refractivity contribution >= 4 is 23.2 Å². The fourth-order valence-electron chi connectivity index (χ4n) is 3.05. The molecule has 0 saturated carbocycles. The highest BCUT2D eigenvalue weighted by atomic mass is 35.5. The monoisotopic (exact) mass is 409 g/mol. The number of hydrogen-bond donors (Lipinski definition) is 1. The van der Waals surface area contributed by atoms with Gasteiger partial charge in [0, 0.05) is 16.9 Å². The van der Waals surface area contributed by atoms with Crippen molar-refractivity contribution in [2.75, 3.05) is 5.32 Å². The van der Waals surface area contributed by atoms with Crippen molar-refractivity contribution in [2.24, 2.45) is 0 Å². The maximum absolute atomic E-state index is 12.5. The molecule has 0 aliphatic carbocycles. The van der Waals surface area contributed by atoms with E-state index in [1.165, 1.54) is 0 Å². The molecule has 4 rings (SSSR count). The number of halogens is 1. The molecule has 0 spiro atoms. The fourth-order valence-corrected chi connectivity index (χ4v) is 3.18. The van der Waals surface area contributed by atoms with Crippen molar-refractivity contribution in [2.45, 2.75) is 26.9 Å². The lowest BCUT2D eigenvalue weighted by atomic mass is 10.2. The average molecular weight is 410 g/mol. The minimum Gasteiger partial charge on any atom is -0.454 e. The summed E-state index contributed by atoms with van der Waals surface area (Å²) in [6.07, 6.45) is 3.37. The molecule has 1 amide bonds. The number of hydrogen-bond acceptors (Lipinski definition) is 4. The lowest BCUT2D eigenvalue weighted by Crippen LogP contribution is -2.10. The van der Waals surface area contributed by atoms with Gasteiger partial charge in [-0.25, -0.2) is 0 Å². The van der Waals surface area contributed by atoms with Crippen LogP contribution in [0, 0.1) is 13.8 Å². The molecule has 3 aromatic heterocycles. The van der Waals surface area contributed by atoms with Gasteiger partial charge in [-0.2, -0.15) is 10.2 Å². The third kappa shape index (κ3) is 4.57. The van der Waals surface area contributed by atoms with Crippen LogP contribution in [0.1, 0.15) is 33.3 Å². The Kier molecular flexibility index (Phi) is 5.22. The minimum atomic E-state index is -0.323. The fraction of sp³-hybridized carbons (Fsp3) is 0.190. The van der Waals surface area contributed by atoms with Crippen molar-refractivity contribution < 1.29 is 9.21 Å². The maximum Gasteiger partial charge on any atom is 0.291 e. The van der Waals surface area contributed by atoms with Gasteiger partial charge in [0.15, 0.2) is 5.76 Å². The van der Waals surface area contributed by atoms with Crippen molar-refractivity contribution in [3.8, 4) is 0 Å². The number of amides is 1. The van der Waals surface area contributed by atoms with Gasteiger partial charge in [-0.3, -0.25) is 14.2 Å². The second-order valence-corrected chi connectivity index (χ2v) is 7.29. The first-order chi connectivity index (χ1) is 14.0. The molecule has 0 aliphatic rings. The van der Waals surface area contributed by atoms with Gasteiger partial charge in [0.2, 0.25) is 0 Å². The Morgan fingerprint density at radius 3 is 2.66 bits per heavy atom. The molecule has 1 N–H and O–H groups in total. The second-order valence-electron chi connectivity index (χ2n) is 6.86. The Bertz CT molecular complexity index is 1140. The number of aromatic nitrogens is 4. The summed E-state index contributed by atoms with van der Waals surface area (Å²) in [4.78, 5) is 12.5. The average Bonchev–Trinajstić information content (AvgIpc) is 3.39. The smallest absolute Gasteiger partial charge is 0.291 e. The lowest BCUT2D eigenvalue weighted by molar-refractivity contribution is 0.0994. The van der Waals surface area contributed by atoms with Crippen LogP contribution in [0.15, 0.2) is 59.3 Å². The highest BCUT2D eigenvalue weighted by Gasteiger charge is 2.14. The largest absolute Gasteiger partial charge is 0.454 e. The number of rotatable bonds is 6. The number of nitrogens with zero attached hydrogens (tertiary/aromatic N) is 4. The van der Waals surface area contributed by atoms with Crippen LogP contribution in [0.3, 0.4) is 0 Å². The standard InChI is InChI=1S/C21H20ClN5O2/c1-14-9-15(2)27(25-14)13-19-7-8-20(29-19)21(28)24-18-10-23-26(12-18)11-16-3-5-17(22)6-4-16/h3-10,12H,11,13H2,1-2H3,(H,24,28). The predicted octanol–water partition coefficient (Wildman–Crippen LogP) is 4.29. The van der Waals surface area contributed by atoms with Crippen LogP contribution in [0.25, 0.3) is 0 Å². The molecule has 0 atom stereocenters. The Hall–Kier alpha value is -3.32. The summed E-state index contributed by atoms with van der Waals surface area (Å²) in [6.45, 7) is 4.99.